The van der Waals surface area contributed by atoms with Gasteiger partial charge in [0.05, 0.1) is 24.1 Å². The highest BCUT2D eigenvalue weighted by molar-refractivity contribution is 7.93. The van der Waals surface area contributed by atoms with E-state index in [2.05, 4.69) is 22.0 Å². The third kappa shape index (κ3) is 5.84. The van der Waals surface area contributed by atoms with Crippen molar-refractivity contribution in [3.63, 3.8) is 0 Å². The maximum Gasteiger partial charge on any atom is 0.264 e. The van der Waals surface area contributed by atoms with Crippen molar-refractivity contribution >= 4 is 27.3 Å². The zero-order chi connectivity index (χ0) is 30.2. The number of hydrogen-bond donors (Lipinski definition) is 0. The van der Waals surface area contributed by atoms with Crippen LogP contribution in [-0.4, -0.2) is 64.0 Å². The van der Waals surface area contributed by atoms with Gasteiger partial charge in [-0.25, -0.2) is 8.42 Å². The highest BCUT2D eigenvalue weighted by atomic mass is 32.2. The van der Waals surface area contributed by atoms with Gasteiger partial charge in [-0.2, -0.15) is 0 Å². The zero-order valence-corrected chi connectivity index (χ0v) is 26.3. The fourth-order valence-electron chi connectivity index (χ4n) is 7.30. The number of anilines is 2. The molecule has 4 heterocycles. The molecule has 2 aromatic carbocycles. The van der Waals surface area contributed by atoms with Crippen molar-refractivity contribution in [3.8, 4) is 5.75 Å². The van der Waals surface area contributed by atoms with Crippen LogP contribution < -0.4 is 13.9 Å². The van der Waals surface area contributed by atoms with Crippen LogP contribution in [0.4, 0.5) is 11.4 Å². The molecule has 3 aliphatic heterocycles. The van der Waals surface area contributed by atoms with E-state index in [0.717, 1.165) is 75.8 Å². The summed E-state index contributed by atoms with van der Waals surface area (Å²) < 4.78 is 34.9. The van der Waals surface area contributed by atoms with Gasteiger partial charge in [0, 0.05) is 50.8 Å². The lowest BCUT2D eigenvalue weighted by Gasteiger charge is -2.47. The summed E-state index contributed by atoms with van der Waals surface area (Å²) in [5.41, 5.74) is 5.46. The number of nitrogens with zero attached hydrogens (tertiary/aromatic N) is 4. The number of likely N-dealkylation sites (tertiary alicyclic amines) is 1. The summed E-state index contributed by atoms with van der Waals surface area (Å²) in [6, 6.07) is 13.6. The summed E-state index contributed by atoms with van der Waals surface area (Å²) in [6.45, 7) is 7.71. The third-order valence-corrected chi connectivity index (χ3v) is 11.9. The molecule has 0 atom stereocenters. The van der Waals surface area contributed by atoms with E-state index in [4.69, 9.17) is 4.74 Å². The average molecular weight is 603 g/mol. The first-order chi connectivity index (χ1) is 20.7. The van der Waals surface area contributed by atoms with Gasteiger partial charge in [0.2, 0.25) is 5.91 Å². The molecule has 43 heavy (non-hydrogen) atoms. The molecule has 1 spiro atoms. The average Bonchev–Trinajstić information content (AvgIpc) is 3.01. The Morgan fingerprint density at radius 2 is 1.56 bits per heavy atom. The van der Waals surface area contributed by atoms with Crippen LogP contribution in [-0.2, 0) is 27.7 Å². The number of aromatic nitrogens is 1. The zero-order valence-electron chi connectivity index (χ0n) is 25.5. The van der Waals surface area contributed by atoms with E-state index in [1.807, 2.05) is 49.3 Å². The molecule has 0 saturated carbocycles. The monoisotopic (exact) mass is 602 g/mol. The van der Waals surface area contributed by atoms with E-state index in [-0.39, 0.29) is 12.3 Å². The van der Waals surface area contributed by atoms with E-state index in [1.165, 1.54) is 5.69 Å². The molecule has 0 radical (unpaired) electrons. The minimum Gasteiger partial charge on any atom is -0.497 e. The molecule has 1 amide bonds. The van der Waals surface area contributed by atoms with Gasteiger partial charge in [-0.05, 0) is 110 Å². The fraction of sp³-hybridized carbons (Fsp3) is 0.471. The van der Waals surface area contributed by atoms with E-state index in [9.17, 15) is 13.2 Å². The summed E-state index contributed by atoms with van der Waals surface area (Å²) in [6.07, 6.45) is 9.96. The summed E-state index contributed by atoms with van der Waals surface area (Å²) in [4.78, 5) is 22.4. The molecular formula is C34H42N4O4S. The number of aryl methyl sites for hydroxylation is 3. The number of fused-ring (bicyclic) bond motifs is 1. The molecule has 8 nitrogen and oxygen atoms in total. The molecule has 2 fully saturated rings. The van der Waals surface area contributed by atoms with Crippen molar-refractivity contribution in [2.24, 2.45) is 5.41 Å². The van der Waals surface area contributed by atoms with Crippen LogP contribution in [0.2, 0.25) is 0 Å². The van der Waals surface area contributed by atoms with Crippen molar-refractivity contribution in [3.05, 3.63) is 77.1 Å². The Labute approximate surface area is 255 Å². The van der Waals surface area contributed by atoms with Crippen LogP contribution in [0.25, 0.3) is 0 Å². The first-order valence-corrected chi connectivity index (χ1v) is 16.9. The van der Waals surface area contributed by atoms with E-state index in [0.29, 0.717) is 39.4 Å². The normalized spacial score (nSPS) is 18.4. The number of piperidine rings is 2. The third-order valence-electron chi connectivity index (χ3n) is 9.83. The Balaban J connectivity index is 1.12. The first kappa shape index (κ1) is 29.5. The summed E-state index contributed by atoms with van der Waals surface area (Å²) in [5.74, 6) is 0.768. The first-order valence-electron chi connectivity index (χ1n) is 15.4. The van der Waals surface area contributed by atoms with Gasteiger partial charge < -0.3 is 14.5 Å². The number of sulfonamides is 1. The van der Waals surface area contributed by atoms with Crippen LogP contribution in [0.5, 0.6) is 5.75 Å². The van der Waals surface area contributed by atoms with Crippen LogP contribution in [0, 0.1) is 19.3 Å². The molecular weight excluding hydrogens is 560 g/mol. The Hall–Kier alpha value is -3.59. The molecule has 6 rings (SSSR count). The van der Waals surface area contributed by atoms with Gasteiger partial charge in [-0.15, -0.1) is 0 Å². The standard InChI is InChI=1S/C34H42N4O4S/c1-25-21-30(42-3)22-26(2)33(25)43(40,41)38-16-4-5-28-7-6-27(23-31(28)38)24-32(39)37-19-12-34(13-20-37)10-17-36(18-11-34)29-8-14-35-15-9-29/h6-9,14-15,21-23H,4-5,10-13,16-20,24H2,1-3H3. The van der Waals surface area contributed by atoms with Crippen molar-refractivity contribution in [2.45, 2.75) is 63.7 Å². The second-order valence-electron chi connectivity index (χ2n) is 12.5. The van der Waals surface area contributed by atoms with Gasteiger partial charge >= 0.3 is 0 Å². The van der Waals surface area contributed by atoms with Gasteiger partial charge in [-0.1, -0.05) is 12.1 Å². The molecule has 2 saturated heterocycles. The number of benzene rings is 2. The number of amides is 1. The quantitative estimate of drug-likeness (QED) is 0.381. The summed E-state index contributed by atoms with van der Waals surface area (Å²) in [7, 11) is -2.20. The maximum absolute atomic E-state index is 14.0. The molecule has 3 aromatic rings. The number of carbonyl (C=O) groups is 1. The second kappa shape index (κ2) is 11.8. The number of pyridine rings is 1. The lowest BCUT2D eigenvalue weighted by Crippen LogP contribution is -2.48. The van der Waals surface area contributed by atoms with Crippen molar-refractivity contribution in [1.29, 1.82) is 0 Å². The topological polar surface area (TPSA) is 83.0 Å². The SMILES string of the molecule is COc1cc(C)c(S(=O)(=O)N2CCCc3ccc(CC(=O)N4CCC5(CC4)CCN(c4ccncc4)CC5)cc32)c(C)c1. The predicted octanol–water partition coefficient (Wildman–Crippen LogP) is 5.30. The van der Waals surface area contributed by atoms with Crippen LogP contribution >= 0.6 is 0 Å². The highest BCUT2D eigenvalue weighted by Gasteiger charge is 2.39. The molecule has 1 aromatic heterocycles. The molecule has 0 bridgehead atoms. The van der Waals surface area contributed by atoms with Gasteiger partial charge in [-0.3, -0.25) is 14.1 Å². The van der Waals surface area contributed by atoms with Gasteiger partial charge in [0.15, 0.2) is 0 Å². The Morgan fingerprint density at radius 1 is 0.907 bits per heavy atom. The summed E-state index contributed by atoms with van der Waals surface area (Å²) >= 11 is 0. The molecule has 3 aliphatic rings. The highest BCUT2D eigenvalue weighted by Crippen LogP contribution is 2.42. The van der Waals surface area contributed by atoms with E-state index >= 15 is 0 Å². The smallest absolute Gasteiger partial charge is 0.264 e. The fourth-order valence-corrected chi connectivity index (χ4v) is 9.25. The number of ether oxygens (including phenoxy) is 1. The lowest BCUT2D eigenvalue weighted by molar-refractivity contribution is -0.133. The van der Waals surface area contributed by atoms with Gasteiger partial charge in [0.1, 0.15) is 5.75 Å². The van der Waals surface area contributed by atoms with Crippen molar-refractivity contribution in [1.82, 2.24) is 9.88 Å². The molecule has 0 aliphatic carbocycles. The number of methoxy groups -OCH3 is 1. The predicted molar refractivity (Wildman–Crippen MR) is 169 cm³/mol. The largest absolute Gasteiger partial charge is 0.497 e. The summed E-state index contributed by atoms with van der Waals surface area (Å²) in [5, 5.41) is 0. The van der Waals surface area contributed by atoms with Crippen LogP contribution in [0.15, 0.2) is 59.8 Å². The Morgan fingerprint density at radius 3 is 2.21 bits per heavy atom. The van der Waals surface area contributed by atoms with Crippen LogP contribution in [0.3, 0.4) is 0 Å². The Kier molecular flexibility index (Phi) is 8.11. The molecule has 228 valence electrons. The number of rotatable bonds is 6. The van der Waals surface area contributed by atoms with E-state index in [1.54, 1.807) is 23.5 Å². The molecule has 0 unspecified atom stereocenters. The number of carbonyl (C=O) groups excluding carboxylic acids is 1. The van der Waals surface area contributed by atoms with Gasteiger partial charge in [0.25, 0.3) is 10.0 Å². The second-order valence-corrected chi connectivity index (χ2v) is 14.3. The lowest BCUT2D eigenvalue weighted by atomic mass is 9.71. The number of hydrogen-bond acceptors (Lipinski definition) is 6. The Bertz CT molecular complexity index is 1570. The van der Waals surface area contributed by atoms with Crippen molar-refractivity contribution in [2.75, 3.05) is 49.0 Å². The minimum absolute atomic E-state index is 0.121. The molecule has 9 heteroatoms. The molecule has 0 N–H and O–H groups in total. The minimum atomic E-state index is -3.79. The maximum atomic E-state index is 14.0. The van der Waals surface area contributed by atoms with E-state index < -0.39 is 10.0 Å². The van der Waals surface area contributed by atoms with Crippen molar-refractivity contribution < 1.29 is 17.9 Å². The van der Waals surface area contributed by atoms with Crippen LogP contribution in [0.1, 0.15) is 54.4 Å².